The van der Waals surface area contributed by atoms with Crippen molar-refractivity contribution in [2.24, 2.45) is 10.2 Å². The molecular formula is C35H50N2O8. The van der Waals surface area contributed by atoms with Crippen molar-refractivity contribution in [2.75, 3.05) is 66.1 Å². The second kappa shape index (κ2) is 23.0. The Balaban J connectivity index is 1.29. The number of carbonyl (C=O) groups is 1. The maximum absolute atomic E-state index is 11.3. The molecule has 0 aromatic heterocycles. The van der Waals surface area contributed by atoms with Gasteiger partial charge in [0, 0.05) is 11.6 Å². The van der Waals surface area contributed by atoms with Gasteiger partial charge in [-0.05, 0) is 56.2 Å². The van der Waals surface area contributed by atoms with Crippen LogP contribution in [0.4, 0.5) is 11.4 Å². The first kappa shape index (κ1) is 36.0. The fourth-order valence-corrected chi connectivity index (χ4v) is 4.40. The minimum atomic E-state index is -0.291. The quantitative estimate of drug-likeness (QED) is 0.0800. The van der Waals surface area contributed by atoms with Crippen molar-refractivity contribution in [2.45, 2.75) is 64.7 Å². The predicted molar refractivity (Wildman–Crippen MR) is 173 cm³/mol. The van der Waals surface area contributed by atoms with E-state index in [1.807, 2.05) is 42.5 Å². The van der Waals surface area contributed by atoms with Crippen molar-refractivity contribution < 1.29 is 38.0 Å². The van der Waals surface area contributed by atoms with Gasteiger partial charge in [0.2, 0.25) is 0 Å². The Labute approximate surface area is 268 Å². The van der Waals surface area contributed by atoms with Crippen LogP contribution in [0.2, 0.25) is 0 Å². The number of unbranched alkanes of at least 4 members (excludes halogenated alkanes) is 8. The Morgan fingerprint density at radius 1 is 0.644 bits per heavy atom. The molecule has 0 saturated carbocycles. The number of esters is 1. The van der Waals surface area contributed by atoms with Crippen molar-refractivity contribution in [3.8, 4) is 17.2 Å². The van der Waals surface area contributed by atoms with E-state index < -0.39 is 0 Å². The van der Waals surface area contributed by atoms with Crippen molar-refractivity contribution in [1.29, 1.82) is 0 Å². The van der Waals surface area contributed by atoms with E-state index in [0.717, 1.165) is 37.1 Å². The normalized spacial score (nSPS) is 14.8. The maximum Gasteiger partial charge on any atom is 0.333 e. The van der Waals surface area contributed by atoms with Gasteiger partial charge < -0.3 is 33.2 Å². The fraction of sp³-hybridized carbons (Fsp3) is 0.571. The topological polar surface area (TPSA) is 106 Å². The molecule has 2 aromatic rings. The summed E-state index contributed by atoms with van der Waals surface area (Å²) in [5.74, 6) is 1.74. The molecule has 0 N–H and O–H groups in total. The molecule has 3 rings (SSSR count). The first-order chi connectivity index (χ1) is 22.1. The molecule has 0 radical (unpaired) electrons. The van der Waals surface area contributed by atoms with Gasteiger partial charge in [0.05, 0.1) is 64.2 Å². The number of hydrogen-bond donors (Lipinski definition) is 0. The monoisotopic (exact) mass is 626 g/mol. The van der Waals surface area contributed by atoms with Crippen molar-refractivity contribution in [3.05, 3.63) is 54.6 Å². The average Bonchev–Trinajstić information content (AvgIpc) is 3.06. The molecule has 1 aliphatic rings. The third kappa shape index (κ3) is 16.4. The van der Waals surface area contributed by atoms with Crippen LogP contribution in [0.1, 0.15) is 64.7 Å². The first-order valence-corrected chi connectivity index (χ1v) is 16.2. The third-order valence-corrected chi connectivity index (χ3v) is 6.90. The van der Waals surface area contributed by atoms with Crippen LogP contribution in [-0.2, 0) is 23.7 Å². The van der Waals surface area contributed by atoms with Crippen LogP contribution in [0.5, 0.6) is 17.2 Å². The third-order valence-electron chi connectivity index (χ3n) is 6.90. The van der Waals surface area contributed by atoms with E-state index in [-0.39, 0.29) is 5.97 Å². The lowest BCUT2D eigenvalue weighted by Gasteiger charge is -2.13. The molecule has 0 amide bonds. The van der Waals surface area contributed by atoms with Gasteiger partial charge in [0.15, 0.2) is 11.5 Å². The molecule has 248 valence electrons. The van der Waals surface area contributed by atoms with Gasteiger partial charge in [0.1, 0.15) is 19.0 Å². The van der Waals surface area contributed by atoms with E-state index in [1.54, 1.807) is 6.92 Å². The number of hydrogen-bond acceptors (Lipinski definition) is 10. The van der Waals surface area contributed by atoms with Gasteiger partial charge in [-0.15, -0.1) is 0 Å². The summed E-state index contributed by atoms with van der Waals surface area (Å²) in [5.41, 5.74) is 1.85. The van der Waals surface area contributed by atoms with Gasteiger partial charge in [-0.25, -0.2) is 4.79 Å². The Hall–Kier alpha value is -3.47. The lowest BCUT2D eigenvalue weighted by Crippen LogP contribution is -2.13. The van der Waals surface area contributed by atoms with E-state index in [1.165, 1.54) is 32.1 Å². The number of nitrogens with zero attached hydrogens (tertiary/aromatic N) is 2. The molecule has 0 atom stereocenters. The summed E-state index contributed by atoms with van der Waals surface area (Å²) in [6, 6.07) is 13.1. The summed E-state index contributed by atoms with van der Waals surface area (Å²) in [6.07, 6.45) is 10.3. The maximum atomic E-state index is 11.3. The van der Waals surface area contributed by atoms with Crippen LogP contribution in [0.15, 0.2) is 64.8 Å². The molecule has 2 aromatic carbocycles. The van der Waals surface area contributed by atoms with E-state index >= 15 is 0 Å². The summed E-state index contributed by atoms with van der Waals surface area (Å²) in [5, 5.41) is 8.76. The second-order valence-corrected chi connectivity index (χ2v) is 10.8. The van der Waals surface area contributed by atoms with Gasteiger partial charge in [-0.1, -0.05) is 51.5 Å². The molecule has 0 unspecified atom stereocenters. The van der Waals surface area contributed by atoms with E-state index in [4.69, 9.17) is 33.2 Å². The highest BCUT2D eigenvalue weighted by atomic mass is 16.6. The lowest BCUT2D eigenvalue weighted by molar-refractivity contribution is -0.139. The zero-order chi connectivity index (χ0) is 31.8. The molecular weight excluding hydrogens is 576 g/mol. The SMILES string of the molecule is C=C(C)C(=O)OCCCCCCCCCCCOc1ccc(N=Nc2ccc3c(c2)OCCOCCOCCOCCO3)cc1. The van der Waals surface area contributed by atoms with Gasteiger partial charge in [-0.3, -0.25) is 0 Å². The minimum Gasteiger partial charge on any atom is -0.494 e. The summed E-state index contributed by atoms with van der Waals surface area (Å²) in [6.45, 7) is 10.2. The first-order valence-electron chi connectivity index (χ1n) is 16.2. The van der Waals surface area contributed by atoms with Gasteiger partial charge in [-0.2, -0.15) is 10.2 Å². The van der Waals surface area contributed by atoms with Crippen LogP contribution < -0.4 is 14.2 Å². The van der Waals surface area contributed by atoms with Gasteiger partial charge in [0.25, 0.3) is 0 Å². The van der Waals surface area contributed by atoms with E-state index in [9.17, 15) is 4.79 Å². The number of fused-ring (bicyclic) bond motifs is 1. The summed E-state index contributed by atoms with van der Waals surface area (Å²) in [7, 11) is 0. The molecule has 0 spiro atoms. The van der Waals surface area contributed by atoms with Crippen LogP contribution >= 0.6 is 0 Å². The number of rotatable bonds is 16. The molecule has 0 saturated heterocycles. The summed E-state index contributed by atoms with van der Waals surface area (Å²) in [4.78, 5) is 11.3. The van der Waals surface area contributed by atoms with Crippen molar-refractivity contribution in [3.63, 3.8) is 0 Å². The Bertz CT molecular complexity index is 1140. The number of azo groups is 1. The van der Waals surface area contributed by atoms with Crippen LogP contribution in [0.3, 0.4) is 0 Å². The van der Waals surface area contributed by atoms with Crippen LogP contribution in [-0.4, -0.2) is 72.0 Å². The van der Waals surface area contributed by atoms with Gasteiger partial charge >= 0.3 is 5.97 Å². The highest BCUT2D eigenvalue weighted by Crippen LogP contribution is 2.33. The Morgan fingerprint density at radius 3 is 1.73 bits per heavy atom. The molecule has 0 fully saturated rings. The lowest BCUT2D eigenvalue weighted by atomic mass is 10.1. The average molecular weight is 627 g/mol. The van der Waals surface area contributed by atoms with E-state index in [2.05, 4.69) is 16.8 Å². The van der Waals surface area contributed by atoms with Crippen LogP contribution in [0, 0.1) is 0 Å². The highest BCUT2D eigenvalue weighted by molar-refractivity contribution is 5.86. The molecule has 10 nitrogen and oxygen atoms in total. The van der Waals surface area contributed by atoms with Crippen molar-refractivity contribution >= 4 is 17.3 Å². The second-order valence-electron chi connectivity index (χ2n) is 10.8. The Kier molecular flexibility index (Phi) is 18.4. The molecule has 1 heterocycles. The Morgan fingerprint density at radius 2 is 1.13 bits per heavy atom. The zero-order valence-corrected chi connectivity index (χ0v) is 26.8. The molecule has 1 aliphatic heterocycles. The number of carbonyl (C=O) groups excluding carboxylic acids is 1. The zero-order valence-electron chi connectivity index (χ0n) is 26.8. The molecule has 45 heavy (non-hydrogen) atoms. The fourth-order valence-electron chi connectivity index (χ4n) is 4.40. The molecule has 0 bridgehead atoms. The predicted octanol–water partition coefficient (Wildman–Crippen LogP) is 7.93. The summed E-state index contributed by atoms with van der Waals surface area (Å²) >= 11 is 0. The number of benzene rings is 2. The summed E-state index contributed by atoms with van der Waals surface area (Å²) < 4.78 is 39.3. The largest absolute Gasteiger partial charge is 0.494 e. The van der Waals surface area contributed by atoms with Crippen molar-refractivity contribution in [1.82, 2.24) is 0 Å². The highest BCUT2D eigenvalue weighted by Gasteiger charge is 2.08. The minimum absolute atomic E-state index is 0.291. The smallest absolute Gasteiger partial charge is 0.333 e. The number of ether oxygens (including phenoxy) is 7. The molecule has 0 aliphatic carbocycles. The molecule has 10 heteroatoms. The standard InChI is InChI=1S/C35H50N2O8/c1-29(2)35(38)45-19-11-9-7-5-3-4-6-8-10-18-42-32-15-12-30(13-16-32)36-37-31-14-17-33-34(28-31)44-27-25-41-23-21-39-20-22-40-24-26-43-33/h12-17,28H,1,3-11,18-27H2,2H3. The van der Waals surface area contributed by atoms with E-state index in [0.29, 0.717) is 88.8 Å². The van der Waals surface area contributed by atoms with Crippen LogP contribution in [0.25, 0.3) is 0 Å².